The first-order chi connectivity index (χ1) is 7.16. The SMILES string of the molecule is OC1COCC1Nc1ncc(Br)cc1Cl. The Hall–Kier alpha value is -0.360. The van der Waals surface area contributed by atoms with Crippen molar-refractivity contribution in [2.24, 2.45) is 0 Å². The molecule has 1 saturated heterocycles. The van der Waals surface area contributed by atoms with Crippen molar-refractivity contribution in [1.82, 2.24) is 4.98 Å². The van der Waals surface area contributed by atoms with Crippen molar-refractivity contribution < 1.29 is 9.84 Å². The normalized spacial score (nSPS) is 25.5. The molecule has 2 rings (SSSR count). The van der Waals surface area contributed by atoms with Crippen LogP contribution in [0.5, 0.6) is 0 Å². The van der Waals surface area contributed by atoms with E-state index in [-0.39, 0.29) is 6.04 Å². The number of aliphatic hydroxyl groups excluding tert-OH is 1. The average molecular weight is 294 g/mol. The first-order valence-electron chi connectivity index (χ1n) is 4.50. The summed E-state index contributed by atoms with van der Waals surface area (Å²) in [7, 11) is 0. The van der Waals surface area contributed by atoms with Crippen molar-refractivity contribution in [2.75, 3.05) is 18.5 Å². The Labute approximate surface area is 101 Å². The summed E-state index contributed by atoms with van der Waals surface area (Å²) in [6.07, 6.45) is 1.14. The van der Waals surface area contributed by atoms with E-state index in [1.165, 1.54) is 0 Å². The van der Waals surface area contributed by atoms with Gasteiger partial charge in [0.2, 0.25) is 0 Å². The zero-order valence-electron chi connectivity index (χ0n) is 7.78. The van der Waals surface area contributed by atoms with Crippen molar-refractivity contribution >= 4 is 33.3 Å². The molecule has 6 heteroatoms. The highest BCUT2D eigenvalue weighted by molar-refractivity contribution is 9.10. The summed E-state index contributed by atoms with van der Waals surface area (Å²) < 4.78 is 5.93. The molecule has 0 saturated carbocycles. The molecular weight excluding hydrogens is 283 g/mol. The van der Waals surface area contributed by atoms with Crippen molar-refractivity contribution in [3.8, 4) is 0 Å². The zero-order valence-corrected chi connectivity index (χ0v) is 10.1. The highest BCUT2D eigenvalue weighted by Gasteiger charge is 2.26. The van der Waals surface area contributed by atoms with E-state index in [9.17, 15) is 5.11 Å². The molecule has 2 atom stereocenters. The number of aliphatic hydroxyl groups is 1. The van der Waals surface area contributed by atoms with Gasteiger partial charge in [0, 0.05) is 10.7 Å². The maximum atomic E-state index is 9.53. The largest absolute Gasteiger partial charge is 0.388 e. The van der Waals surface area contributed by atoms with E-state index in [2.05, 4.69) is 26.2 Å². The van der Waals surface area contributed by atoms with E-state index in [0.29, 0.717) is 24.1 Å². The number of rotatable bonds is 2. The molecule has 4 nitrogen and oxygen atoms in total. The van der Waals surface area contributed by atoms with Gasteiger partial charge < -0.3 is 15.2 Å². The van der Waals surface area contributed by atoms with Crippen molar-refractivity contribution in [3.05, 3.63) is 21.8 Å². The van der Waals surface area contributed by atoms with Crippen LogP contribution in [0.4, 0.5) is 5.82 Å². The average Bonchev–Trinajstić information content (AvgIpc) is 2.57. The Morgan fingerprint density at radius 1 is 1.60 bits per heavy atom. The lowest BCUT2D eigenvalue weighted by Crippen LogP contribution is -2.32. The summed E-state index contributed by atoms with van der Waals surface area (Å²) in [6.45, 7) is 0.820. The van der Waals surface area contributed by atoms with Crippen LogP contribution in [-0.4, -0.2) is 35.5 Å². The molecule has 0 spiro atoms. The molecule has 1 aromatic rings. The molecule has 2 heterocycles. The predicted molar refractivity (Wildman–Crippen MR) is 61.2 cm³/mol. The number of anilines is 1. The number of ether oxygens (including phenoxy) is 1. The second-order valence-corrected chi connectivity index (χ2v) is 4.66. The minimum Gasteiger partial charge on any atom is -0.388 e. The molecule has 0 amide bonds. The zero-order chi connectivity index (χ0) is 10.8. The second kappa shape index (κ2) is 4.65. The minimum absolute atomic E-state index is 0.142. The number of hydrogen-bond donors (Lipinski definition) is 2. The topological polar surface area (TPSA) is 54.4 Å². The van der Waals surface area contributed by atoms with Gasteiger partial charge in [-0.2, -0.15) is 0 Å². The summed E-state index contributed by atoms with van der Waals surface area (Å²) in [5.74, 6) is 0.564. The molecule has 0 bridgehead atoms. The molecule has 2 N–H and O–H groups in total. The lowest BCUT2D eigenvalue weighted by molar-refractivity contribution is 0.125. The fourth-order valence-electron chi connectivity index (χ4n) is 1.38. The molecule has 2 unspecified atom stereocenters. The standard InChI is InChI=1S/C9H10BrClN2O2/c10-5-1-6(11)9(12-2-5)13-7-3-15-4-8(7)14/h1-2,7-8,14H,3-4H2,(H,12,13). The predicted octanol–water partition coefficient (Wildman–Crippen LogP) is 1.67. The van der Waals surface area contributed by atoms with E-state index >= 15 is 0 Å². The Morgan fingerprint density at radius 2 is 2.40 bits per heavy atom. The van der Waals surface area contributed by atoms with Crippen LogP contribution in [0, 0.1) is 0 Å². The maximum absolute atomic E-state index is 9.53. The summed E-state index contributed by atoms with van der Waals surface area (Å²) >= 11 is 9.25. The first-order valence-corrected chi connectivity index (χ1v) is 5.67. The molecule has 15 heavy (non-hydrogen) atoms. The molecular formula is C9H10BrClN2O2. The Morgan fingerprint density at radius 3 is 3.00 bits per heavy atom. The summed E-state index contributed by atoms with van der Waals surface area (Å²) in [6, 6.07) is 1.61. The van der Waals surface area contributed by atoms with Crippen LogP contribution in [0.3, 0.4) is 0 Å². The molecule has 1 aliphatic rings. The Balaban J connectivity index is 2.10. The number of hydrogen-bond acceptors (Lipinski definition) is 4. The molecule has 0 aliphatic carbocycles. The third-order valence-electron chi connectivity index (χ3n) is 2.18. The van der Waals surface area contributed by atoms with E-state index < -0.39 is 6.10 Å². The minimum atomic E-state index is -0.508. The number of halogens is 2. The van der Waals surface area contributed by atoms with Crippen molar-refractivity contribution in [1.29, 1.82) is 0 Å². The molecule has 0 aromatic carbocycles. The van der Waals surface area contributed by atoms with Crippen LogP contribution in [0.2, 0.25) is 5.02 Å². The Kier molecular flexibility index (Phi) is 3.45. The van der Waals surface area contributed by atoms with Gasteiger partial charge in [-0.15, -0.1) is 0 Å². The monoisotopic (exact) mass is 292 g/mol. The van der Waals surface area contributed by atoms with Gasteiger partial charge in [-0.3, -0.25) is 0 Å². The van der Waals surface area contributed by atoms with Crippen LogP contribution < -0.4 is 5.32 Å². The van der Waals surface area contributed by atoms with Crippen LogP contribution in [0.25, 0.3) is 0 Å². The molecule has 1 aromatic heterocycles. The maximum Gasteiger partial charge on any atom is 0.145 e. The van der Waals surface area contributed by atoms with Gasteiger partial charge in [-0.05, 0) is 22.0 Å². The van der Waals surface area contributed by atoms with Gasteiger partial charge in [0.05, 0.1) is 30.4 Å². The Bertz CT molecular complexity index is 364. The van der Waals surface area contributed by atoms with Crippen LogP contribution in [0.15, 0.2) is 16.7 Å². The van der Waals surface area contributed by atoms with Crippen LogP contribution in [0.1, 0.15) is 0 Å². The lowest BCUT2D eigenvalue weighted by atomic mass is 10.2. The van der Waals surface area contributed by atoms with Crippen LogP contribution >= 0.6 is 27.5 Å². The summed E-state index contributed by atoms with van der Waals surface area (Å²) in [5.41, 5.74) is 0. The van der Waals surface area contributed by atoms with Gasteiger partial charge >= 0.3 is 0 Å². The van der Waals surface area contributed by atoms with Crippen LogP contribution in [-0.2, 0) is 4.74 Å². The number of nitrogens with zero attached hydrogens (tertiary/aromatic N) is 1. The summed E-state index contributed by atoms with van der Waals surface area (Å²) in [5, 5.41) is 13.1. The highest BCUT2D eigenvalue weighted by Crippen LogP contribution is 2.24. The highest BCUT2D eigenvalue weighted by atomic mass is 79.9. The molecule has 1 fully saturated rings. The summed E-state index contributed by atoms with van der Waals surface area (Å²) in [4.78, 5) is 4.12. The smallest absolute Gasteiger partial charge is 0.145 e. The van der Waals surface area contributed by atoms with E-state index in [1.54, 1.807) is 12.3 Å². The van der Waals surface area contributed by atoms with E-state index in [0.717, 1.165) is 4.47 Å². The van der Waals surface area contributed by atoms with Gasteiger partial charge in [-0.25, -0.2) is 4.98 Å². The lowest BCUT2D eigenvalue weighted by Gasteiger charge is -2.15. The third-order valence-corrected chi connectivity index (χ3v) is 2.90. The molecule has 0 radical (unpaired) electrons. The van der Waals surface area contributed by atoms with Gasteiger partial charge in [0.15, 0.2) is 0 Å². The number of pyridine rings is 1. The fraction of sp³-hybridized carbons (Fsp3) is 0.444. The second-order valence-electron chi connectivity index (χ2n) is 3.34. The third kappa shape index (κ3) is 2.60. The van der Waals surface area contributed by atoms with Gasteiger partial charge in [-0.1, -0.05) is 11.6 Å². The van der Waals surface area contributed by atoms with E-state index in [1.807, 2.05) is 0 Å². The fourth-order valence-corrected chi connectivity index (χ4v) is 2.06. The van der Waals surface area contributed by atoms with Gasteiger partial charge in [0.25, 0.3) is 0 Å². The van der Waals surface area contributed by atoms with Gasteiger partial charge in [0.1, 0.15) is 5.82 Å². The first kappa shape index (κ1) is 11.1. The van der Waals surface area contributed by atoms with E-state index in [4.69, 9.17) is 16.3 Å². The van der Waals surface area contributed by atoms with Crippen molar-refractivity contribution in [3.63, 3.8) is 0 Å². The number of nitrogens with one attached hydrogen (secondary N) is 1. The number of aromatic nitrogens is 1. The molecule has 1 aliphatic heterocycles. The van der Waals surface area contributed by atoms with Crippen molar-refractivity contribution in [2.45, 2.75) is 12.1 Å². The molecule has 82 valence electrons. The quantitative estimate of drug-likeness (QED) is 0.871.